The number of hydrogen-bond acceptors (Lipinski definition) is 3. The third-order valence-electron chi connectivity index (χ3n) is 4.20. The van der Waals surface area contributed by atoms with Crippen molar-refractivity contribution in [2.75, 3.05) is 6.61 Å². The lowest BCUT2D eigenvalue weighted by Crippen LogP contribution is -2.36. The number of ether oxygens (including phenoxy) is 1. The third-order valence-corrected chi connectivity index (χ3v) is 5.56. The Morgan fingerprint density at radius 1 is 1.44 bits per heavy atom. The summed E-state index contributed by atoms with van der Waals surface area (Å²) in [6.45, 7) is 8.07. The Morgan fingerprint density at radius 3 is 2.80 bits per heavy atom. The van der Waals surface area contributed by atoms with E-state index in [1.807, 2.05) is 6.92 Å². The largest absolute Gasteiger partial charge is 0.416 e. The smallest absolute Gasteiger partial charge is 0.374 e. The molecule has 1 aromatic carbocycles. The average Bonchev–Trinajstić information content (AvgIpc) is 2.53. The molecule has 0 aromatic heterocycles. The maximum atomic E-state index is 12.9. The Morgan fingerprint density at radius 2 is 2.16 bits per heavy atom. The van der Waals surface area contributed by atoms with Crippen LogP contribution in [0.25, 0.3) is 0 Å². The molecular formula is C19H22F3NOS. The molecule has 0 aliphatic carbocycles. The van der Waals surface area contributed by atoms with Crippen LogP contribution < -0.4 is 0 Å². The van der Waals surface area contributed by atoms with Crippen LogP contribution in [0.3, 0.4) is 0 Å². The predicted molar refractivity (Wildman–Crippen MR) is 96.4 cm³/mol. The van der Waals surface area contributed by atoms with Crippen LogP contribution in [0.2, 0.25) is 0 Å². The molecule has 0 bridgehead atoms. The Labute approximate surface area is 150 Å². The molecule has 0 radical (unpaired) electrons. The first-order chi connectivity index (χ1) is 11.6. The van der Waals surface area contributed by atoms with Gasteiger partial charge in [0, 0.05) is 16.2 Å². The van der Waals surface area contributed by atoms with E-state index in [0.717, 1.165) is 18.1 Å². The number of hydrogen-bond donors (Lipinski definition) is 1. The maximum absolute atomic E-state index is 12.9. The minimum absolute atomic E-state index is 0.141. The fourth-order valence-electron chi connectivity index (χ4n) is 2.77. The van der Waals surface area contributed by atoms with Gasteiger partial charge < -0.3 is 10.1 Å². The topological polar surface area (TPSA) is 33.1 Å². The summed E-state index contributed by atoms with van der Waals surface area (Å²) in [6.07, 6.45) is 0.149. The first-order valence-electron chi connectivity index (χ1n) is 8.00. The summed E-state index contributed by atoms with van der Waals surface area (Å²) in [6, 6.07) is 5.46. The molecule has 1 heterocycles. The van der Waals surface area contributed by atoms with Gasteiger partial charge in [0.1, 0.15) is 0 Å². The number of rotatable bonds is 5. The van der Waals surface area contributed by atoms with Crippen molar-refractivity contribution in [3.8, 4) is 0 Å². The molecule has 1 aliphatic rings. The molecule has 6 heteroatoms. The molecule has 2 rings (SSSR count). The third kappa shape index (κ3) is 5.47. The summed E-state index contributed by atoms with van der Waals surface area (Å²) in [5.41, 5.74) is 0.625. The zero-order valence-electron chi connectivity index (χ0n) is 14.3. The van der Waals surface area contributed by atoms with Crippen molar-refractivity contribution in [1.29, 1.82) is 5.41 Å². The van der Waals surface area contributed by atoms with E-state index >= 15 is 0 Å². The zero-order valence-corrected chi connectivity index (χ0v) is 15.1. The van der Waals surface area contributed by atoms with Crippen LogP contribution >= 0.6 is 11.8 Å². The molecule has 0 saturated carbocycles. The Hall–Kier alpha value is -1.53. The molecule has 1 aliphatic heterocycles. The van der Waals surface area contributed by atoms with Crippen LogP contribution in [-0.4, -0.2) is 23.2 Å². The molecule has 0 spiro atoms. The molecule has 25 heavy (non-hydrogen) atoms. The molecule has 1 fully saturated rings. The maximum Gasteiger partial charge on any atom is 0.416 e. The van der Waals surface area contributed by atoms with Crippen molar-refractivity contribution in [2.24, 2.45) is 0 Å². The fraction of sp³-hybridized carbons (Fsp3) is 0.421. The number of nitrogens with one attached hydrogen (secondary N) is 1. The lowest BCUT2D eigenvalue weighted by Gasteiger charge is -2.38. The molecule has 2 nitrogen and oxygen atoms in total. The monoisotopic (exact) mass is 369 g/mol. The Bertz CT molecular complexity index is 683. The minimum atomic E-state index is -4.33. The molecule has 1 saturated heterocycles. The average molecular weight is 369 g/mol. The van der Waals surface area contributed by atoms with Gasteiger partial charge >= 0.3 is 6.18 Å². The second kappa shape index (κ2) is 7.79. The molecular weight excluding hydrogens is 347 g/mol. The van der Waals surface area contributed by atoms with Crippen LogP contribution in [-0.2, 0) is 10.9 Å². The second-order valence-corrected chi connectivity index (χ2v) is 8.10. The summed E-state index contributed by atoms with van der Waals surface area (Å²) >= 11 is 1.46. The van der Waals surface area contributed by atoms with Gasteiger partial charge in [0.2, 0.25) is 0 Å². The van der Waals surface area contributed by atoms with Crippen LogP contribution in [0.4, 0.5) is 13.2 Å². The lowest BCUT2D eigenvalue weighted by atomic mass is 9.92. The highest BCUT2D eigenvalue weighted by Gasteiger charge is 2.36. The van der Waals surface area contributed by atoms with Gasteiger partial charge in [-0.1, -0.05) is 12.6 Å². The van der Waals surface area contributed by atoms with Gasteiger partial charge in [0.05, 0.1) is 17.4 Å². The van der Waals surface area contributed by atoms with Crippen molar-refractivity contribution in [3.63, 3.8) is 0 Å². The van der Waals surface area contributed by atoms with E-state index in [1.54, 1.807) is 12.1 Å². The fourth-order valence-corrected chi connectivity index (χ4v) is 4.09. The summed E-state index contributed by atoms with van der Waals surface area (Å²) in [7, 11) is 0. The van der Waals surface area contributed by atoms with E-state index in [-0.39, 0.29) is 10.9 Å². The first kappa shape index (κ1) is 19.8. The molecule has 1 N–H and O–H groups in total. The van der Waals surface area contributed by atoms with E-state index in [0.29, 0.717) is 23.6 Å². The van der Waals surface area contributed by atoms with Gasteiger partial charge in [0.25, 0.3) is 0 Å². The van der Waals surface area contributed by atoms with Gasteiger partial charge in [-0.15, -0.1) is 11.8 Å². The van der Waals surface area contributed by atoms with Crippen LogP contribution in [0.15, 0.2) is 53.5 Å². The summed E-state index contributed by atoms with van der Waals surface area (Å²) in [4.78, 5) is 0.610. The first-order valence-corrected chi connectivity index (χ1v) is 8.82. The Kier molecular flexibility index (Phi) is 6.16. The number of allylic oxidation sites excluding steroid dienone is 2. The number of benzene rings is 1. The molecule has 0 amide bonds. The highest BCUT2D eigenvalue weighted by Crippen LogP contribution is 2.44. The minimum Gasteiger partial charge on any atom is -0.374 e. The zero-order chi connectivity index (χ0) is 18.7. The van der Waals surface area contributed by atoms with Crippen LogP contribution in [0.1, 0.15) is 32.3 Å². The molecule has 136 valence electrons. The number of thioether (sulfide) groups is 1. The predicted octanol–water partition coefficient (Wildman–Crippen LogP) is 5.89. The van der Waals surface area contributed by atoms with Crippen LogP contribution in [0.5, 0.6) is 0 Å². The quantitative estimate of drug-likeness (QED) is 0.657. The summed E-state index contributed by atoms with van der Waals surface area (Å²) < 4.78 is 44.3. The highest BCUT2D eigenvalue weighted by atomic mass is 32.2. The van der Waals surface area contributed by atoms with E-state index in [9.17, 15) is 13.2 Å². The summed E-state index contributed by atoms with van der Waals surface area (Å²) in [5, 5.41) is 7.69. The van der Waals surface area contributed by atoms with E-state index in [2.05, 4.69) is 13.5 Å². The van der Waals surface area contributed by atoms with Gasteiger partial charge in [-0.25, -0.2) is 0 Å². The SMILES string of the molecule is C=CC(=N)/C=C(\C)C1CC(C)(Sc2cccc(C(F)(F)F)c2)CCO1. The summed E-state index contributed by atoms with van der Waals surface area (Å²) in [5.74, 6) is 0. The molecule has 2 atom stereocenters. The van der Waals surface area contributed by atoms with Gasteiger partial charge in [-0.05, 0) is 62.6 Å². The van der Waals surface area contributed by atoms with Crippen molar-refractivity contribution in [3.05, 3.63) is 54.1 Å². The van der Waals surface area contributed by atoms with Crippen molar-refractivity contribution in [1.82, 2.24) is 0 Å². The van der Waals surface area contributed by atoms with Gasteiger partial charge in [-0.2, -0.15) is 13.2 Å². The van der Waals surface area contributed by atoms with Crippen molar-refractivity contribution in [2.45, 2.75) is 48.6 Å². The van der Waals surface area contributed by atoms with Crippen LogP contribution in [0, 0.1) is 5.41 Å². The Balaban J connectivity index is 2.15. The second-order valence-electron chi connectivity index (χ2n) is 6.44. The van der Waals surface area contributed by atoms with Gasteiger partial charge in [-0.3, -0.25) is 0 Å². The highest BCUT2D eigenvalue weighted by molar-refractivity contribution is 8.00. The molecule has 1 aromatic rings. The van der Waals surface area contributed by atoms with E-state index in [1.165, 1.54) is 30.0 Å². The normalized spacial score (nSPS) is 24.8. The lowest BCUT2D eigenvalue weighted by molar-refractivity contribution is -0.137. The number of halogens is 3. The van der Waals surface area contributed by atoms with Crippen molar-refractivity contribution >= 4 is 17.5 Å². The van der Waals surface area contributed by atoms with Gasteiger partial charge in [0.15, 0.2) is 0 Å². The van der Waals surface area contributed by atoms with Crippen molar-refractivity contribution < 1.29 is 17.9 Å². The van der Waals surface area contributed by atoms with E-state index < -0.39 is 11.7 Å². The molecule has 2 unspecified atom stereocenters. The number of alkyl halides is 3. The van der Waals surface area contributed by atoms with E-state index in [4.69, 9.17) is 10.1 Å². The standard InChI is InChI=1S/C19H22F3NOS/c1-4-15(23)10-13(2)17-12-18(3,8-9-24-17)25-16-7-5-6-14(11-16)19(20,21)22/h4-7,10-11,17,23H,1,8-9,12H2,2-3H3/b13-10+,23-15?.